The van der Waals surface area contributed by atoms with Crippen molar-refractivity contribution in [3.63, 3.8) is 0 Å². The van der Waals surface area contributed by atoms with E-state index in [1.807, 2.05) is 11.8 Å². The molecule has 0 spiro atoms. The zero-order chi connectivity index (χ0) is 13.9. The zero-order valence-electron chi connectivity index (χ0n) is 11.9. The lowest BCUT2D eigenvalue weighted by Gasteiger charge is -2.34. The predicted molar refractivity (Wildman–Crippen MR) is 73.7 cm³/mol. The smallest absolute Gasteiger partial charge is 0.323 e. The lowest BCUT2D eigenvalue weighted by molar-refractivity contribution is -0.149. The molecule has 3 heteroatoms. The molecular formula is C15H23NO2. The van der Waals surface area contributed by atoms with E-state index in [2.05, 4.69) is 32.0 Å². The Hall–Kier alpha value is -1.35. The molecule has 0 aromatic heterocycles. The highest BCUT2D eigenvalue weighted by Gasteiger charge is 2.33. The highest BCUT2D eigenvalue weighted by atomic mass is 16.4. The Morgan fingerprint density at radius 1 is 1.33 bits per heavy atom. The molecule has 100 valence electrons. The van der Waals surface area contributed by atoms with Gasteiger partial charge in [-0.3, -0.25) is 9.69 Å². The summed E-state index contributed by atoms with van der Waals surface area (Å²) in [6, 6.07) is 6.31. The summed E-state index contributed by atoms with van der Waals surface area (Å²) in [5.74, 6) is -0.783. The van der Waals surface area contributed by atoms with Crippen LogP contribution in [0.3, 0.4) is 0 Å². The zero-order valence-corrected chi connectivity index (χ0v) is 11.9. The maximum atomic E-state index is 11.3. The van der Waals surface area contributed by atoms with Gasteiger partial charge in [-0.05, 0) is 45.4 Å². The van der Waals surface area contributed by atoms with Crippen LogP contribution in [-0.4, -0.2) is 28.1 Å². The Morgan fingerprint density at radius 2 is 1.94 bits per heavy atom. The topological polar surface area (TPSA) is 40.5 Å². The van der Waals surface area contributed by atoms with Gasteiger partial charge in [-0.25, -0.2) is 0 Å². The molecule has 3 nitrogen and oxygen atoms in total. The fraction of sp³-hybridized carbons (Fsp3) is 0.533. The minimum Gasteiger partial charge on any atom is -0.480 e. The van der Waals surface area contributed by atoms with Crippen LogP contribution in [0.1, 0.15) is 37.5 Å². The molecule has 0 saturated heterocycles. The summed E-state index contributed by atoms with van der Waals surface area (Å²) in [6.45, 7) is 11.0. The molecule has 0 heterocycles. The number of carboxylic acids is 1. The van der Waals surface area contributed by atoms with Crippen LogP contribution in [0.2, 0.25) is 0 Å². The van der Waals surface area contributed by atoms with Crippen molar-refractivity contribution in [1.29, 1.82) is 0 Å². The van der Waals surface area contributed by atoms with Gasteiger partial charge in [0.25, 0.3) is 0 Å². The summed E-state index contributed by atoms with van der Waals surface area (Å²) in [5, 5.41) is 9.30. The molecule has 0 atom stereocenters. The van der Waals surface area contributed by atoms with Crippen molar-refractivity contribution in [3.8, 4) is 0 Å². The van der Waals surface area contributed by atoms with E-state index in [-0.39, 0.29) is 0 Å². The molecule has 1 N–H and O–H groups in total. The molecule has 0 aliphatic carbocycles. The number of carbonyl (C=O) groups is 1. The monoisotopic (exact) mass is 249 g/mol. The fourth-order valence-electron chi connectivity index (χ4n) is 2.02. The van der Waals surface area contributed by atoms with Gasteiger partial charge in [0, 0.05) is 6.54 Å². The van der Waals surface area contributed by atoms with Crippen LogP contribution < -0.4 is 0 Å². The summed E-state index contributed by atoms with van der Waals surface area (Å²) < 4.78 is 0. The third-order valence-corrected chi connectivity index (χ3v) is 3.56. The van der Waals surface area contributed by atoms with Crippen LogP contribution >= 0.6 is 0 Å². The van der Waals surface area contributed by atoms with Crippen molar-refractivity contribution < 1.29 is 9.90 Å². The van der Waals surface area contributed by atoms with E-state index in [1.165, 1.54) is 16.7 Å². The summed E-state index contributed by atoms with van der Waals surface area (Å²) in [5.41, 5.74) is 2.77. The summed E-state index contributed by atoms with van der Waals surface area (Å²) in [4.78, 5) is 13.3. The predicted octanol–water partition coefficient (Wildman–Crippen LogP) is 2.99. The number of rotatable bonds is 5. The van der Waals surface area contributed by atoms with Gasteiger partial charge in [-0.1, -0.05) is 30.7 Å². The lowest BCUT2D eigenvalue weighted by Crippen LogP contribution is -2.49. The molecule has 0 aliphatic rings. The van der Waals surface area contributed by atoms with Crippen molar-refractivity contribution in [2.45, 2.75) is 46.7 Å². The maximum absolute atomic E-state index is 11.3. The third kappa shape index (κ3) is 3.10. The molecule has 0 bridgehead atoms. The van der Waals surface area contributed by atoms with Crippen LogP contribution in [0, 0.1) is 13.8 Å². The average Bonchev–Trinajstić information content (AvgIpc) is 2.29. The van der Waals surface area contributed by atoms with Gasteiger partial charge < -0.3 is 5.11 Å². The highest BCUT2D eigenvalue weighted by molar-refractivity contribution is 5.77. The lowest BCUT2D eigenvalue weighted by atomic mass is 9.99. The number of hydrogen-bond donors (Lipinski definition) is 1. The van der Waals surface area contributed by atoms with Gasteiger partial charge in [0.2, 0.25) is 0 Å². The molecular weight excluding hydrogens is 226 g/mol. The van der Waals surface area contributed by atoms with Crippen LogP contribution in [0.15, 0.2) is 18.2 Å². The van der Waals surface area contributed by atoms with Crippen molar-refractivity contribution in [1.82, 2.24) is 4.90 Å². The first-order valence-corrected chi connectivity index (χ1v) is 6.33. The van der Waals surface area contributed by atoms with E-state index in [4.69, 9.17) is 0 Å². The van der Waals surface area contributed by atoms with Gasteiger partial charge in [-0.2, -0.15) is 0 Å². The van der Waals surface area contributed by atoms with Crippen LogP contribution in [-0.2, 0) is 11.3 Å². The minimum atomic E-state index is -0.842. The Morgan fingerprint density at radius 3 is 2.44 bits per heavy atom. The largest absolute Gasteiger partial charge is 0.480 e. The van der Waals surface area contributed by atoms with Gasteiger partial charge in [-0.15, -0.1) is 0 Å². The number of aryl methyl sites for hydroxylation is 2. The standard InChI is InChI=1S/C15H23NO2/c1-6-16(15(4,5)14(17)18)10-13-9-11(2)7-8-12(13)3/h7-9H,6,10H2,1-5H3,(H,17,18). The van der Waals surface area contributed by atoms with Crippen LogP contribution in [0.5, 0.6) is 0 Å². The van der Waals surface area contributed by atoms with Crippen molar-refractivity contribution in [3.05, 3.63) is 34.9 Å². The van der Waals surface area contributed by atoms with Crippen molar-refractivity contribution >= 4 is 5.97 Å². The number of carboxylic acid groups (broad SMARTS) is 1. The molecule has 0 unspecified atom stereocenters. The Labute approximate surface area is 109 Å². The van der Waals surface area contributed by atoms with E-state index in [0.717, 1.165) is 0 Å². The fourth-order valence-corrected chi connectivity index (χ4v) is 2.02. The number of benzene rings is 1. The third-order valence-electron chi connectivity index (χ3n) is 3.56. The summed E-state index contributed by atoms with van der Waals surface area (Å²) in [6.07, 6.45) is 0. The highest BCUT2D eigenvalue weighted by Crippen LogP contribution is 2.20. The Kier molecular flexibility index (Phi) is 4.52. The van der Waals surface area contributed by atoms with Crippen LogP contribution in [0.25, 0.3) is 0 Å². The van der Waals surface area contributed by atoms with Crippen molar-refractivity contribution in [2.24, 2.45) is 0 Å². The molecule has 0 radical (unpaired) electrons. The first kappa shape index (κ1) is 14.7. The number of aliphatic carboxylic acids is 1. The molecule has 18 heavy (non-hydrogen) atoms. The molecule has 0 aliphatic heterocycles. The molecule has 1 aromatic rings. The molecule has 0 amide bonds. The van der Waals surface area contributed by atoms with E-state index < -0.39 is 11.5 Å². The van der Waals surface area contributed by atoms with Crippen LogP contribution in [0.4, 0.5) is 0 Å². The second kappa shape index (κ2) is 5.53. The average molecular weight is 249 g/mol. The molecule has 0 fully saturated rings. The van der Waals surface area contributed by atoms with E-state index in [1.54, 1.807) is 13.8 Å². The van der Waals surface area contributed by atoms with E-state index in [0.29, 0.717) is 13.1 Å². The SMILES string of the molecule is CCN(Cc1cc(C)ccc1C)C(C)(C)C(=O)O. The summed E-state index contributed by atoms with van der Waals surface area (Å²) >= 11 is 0. The number of hydrogen-bond acceptors (Lipinski definition) is 2. The van der Waals surface area contributed by atoms with Crippen molar-refractivity contribution in [2.75, 3.05) is 6.54 Å². The van der Waals surface area contributed by atoms with E-state index >= 15 is 0 Å². The molecule has 0 saturated carbocycles. The van der Waals surface area contributed by atoms with E-state index in [9.17, 15) is 9.90 Å². The number of nitrogens with zero attached hydrogens (tertiary/aromatic N) is 1. The maximum Gasteiger partial charge on any atom is 0.323 e. The summed E-state index contributed by atoms with van der Waals surface area (Å²) in [7, 11) is 0. The first-order valence-electron chi connectivity index (χ1n) is 6.33. The van der Waals surface area contributed by atoms with Gasteiger partial charge >= 0.3 is 5.97 Å². The normalized spacial score (nSPS) is 11.9. The first-order chi connectivity index (χ1) is 8.28. The second-order valence-corrected chi connectivity index (χ2v) is 5.31. The van der Waals surface area contributed by atoms with Gasteiger partial charge in [0.15, 0.2) is 0 Å². The molecule has 1 rings (SSSR count). The van der Waals surface area contributed by atoms with Gasteiger partial charge in [0.05, 0.1) is 0 Å². The Bertz CT molecular complexity index is 438. The van der Waals surface area contributed by atoms with Gasteiger partial charge in [0.1, 0.15) is 5.54 Å². The molecule has 1 aromatic carbocycles. The number of likely N-dealkylation sites (N-methyl/N-ethyl adjacent to an activating group) is 1. The quantitative estimate of drug-likeness (QED) is 0.872. The minimum absolute atomic E-state index is 0.670. The Balaban J connectivity index is 3.00. The second-order valence-electron chi connectivity index (χ2n) is 5.31.